The summed E-state index contributed by atoms with van der Waals surface area (Å²) in [5.41, 5.74) is -0.815. The van der Waals surface area contributed by atoms with Gasteiger partial charge < -0.3 is 0 Å². The van der Waals surface area contributed by atoms with Gasteiger partial charge in [0.25, 0.3) is 0 Å². The summed E-state index contributed by atoms with van der Waals surface area (Å²) in [7, 11) is 0. The van der Waals surface area contributed by atoms with E-state index in [1.807, 2.05) is 0 Å². The zero-order valence-electron chi connectivity index (χ0n) is 9.21. The van der Waals surface area contributed by atoms with Crippen LogP contribution in [0.25, 0.3) is 0 Å². The summed E-state index contributed by atoms with van der Waals surface area (Å²) in [6, 6.07) is 0. The number of nitrogens with zero attached hydrogens (tertiary/aromatic N) is 2. The summed E-state index contributed by atoms with van der Waals surface area (Å²) in [6.45, 7) is 4.83. The van der Waals surface area contributed by atoms with E-state index in [1.54, 1.807) is 13.8 Å². The van der Waals surface area contributed by atoms with Crippen LogP contribution in [0.3, 0.4) is 0 Å². The number of hydrogen-bond donors (Lipinski definition) is 0. The molecular weight excluding hydrogens is 229 g/mol. The van der Waals surface area contributed by atoms with Gasteiger partial charge in [0.1, 0.15) is 0 Å². The Morgan fingerprint density at radius 2 is 1.77 bits per heavy atom. The van der Waals surface area contributed by atoms with Gasteiger partial charge >= 0.3 is 81.9 Å². The Morgan fingerprint density at radius 1 is 1.31 bits per heavy atom. The molecule has 0 aromatic heterocycles. The zero-order chi connectivity index (χ0) is 10.7. The molecule has 0 aromatic rings. The molecule has 0 bridgehead atoms. The third-order valence-corrected chi connectivity index (χ3v) is 2.45. The van der Waals surface area contributed by atoms with Crippen LogP contribution in [-0.2, 0) is 9.53 Å². The summed E-state index contributed by atoms with van der Waals surface area (Å²) in [5, 5.41) is 4.03. The first kappa shape index (κ1) is 12.6. The fourth-order valence-corrected chi connectivity index (χ4v) is 1.78. The van der Waals surface area contributed by atoms with E-state index in [-0.39, 0.29) is 5.97 Å². The predicted molar refractivity (Wildman–Crippen MR) is 54.0 cm³/mol. The minimum atomic E-state index is -2.01. The van der Waals surface area contributed by atoms with Gasteiger partial charge in [-0.1, -0.05) is 0 Å². The summed E-state index contributed by atoms with van der Waals surface area (Å²) in [5.74, 6) is 6.03. The van der Waals surface area contributed by atoms with Crippen molar-refractivity contribution >= 4 is 19.5 Å². The molecule has 0 N–H and O–H groups in total. The monoisotopic (exact) mass is 248 g/mol. The first-order chi connectivity index (χ1) is 5.62. The van der Waals surface area contributed by atoms with E-state index in [4.69, 9.17) is 4.74 Å². The van der Waals surface area contributed by atoms with Crippen LogP contribution in [0.4, 0.5) is 0 Å². The predicted octanol–water partition coefficient (Wildman–Crippen LogP) is 2.57. The van der Waals surface area contributed by atoms with E-state index in [9.17, 15) is 4.79 Å². The van der Waals surface area contributed by atoms with Crippen LogP contribution in [0.1, 0.15) is 20.8 Å². The van der Waals surface area contributed by atoms with Gasteiger partial charge in [-0.15, -0.1) is 0 Å². The molecule has 0 saturated carbocycles. The molecule has 0 fully saturated rings. The van der Waals surface area contributed by atoms with Crippen molar-refractivity contribution in [3.05, 3.63) is 0 Å². The molecule has 0 heterocycles. The molecule has 4 nitrogen and oxygen atoms in total. The van der Waals surface area contributed by atoms with E-state index < -0.39 is 19.2 Å². The maximum absolute atomic E-state index is 10.7. The second kappa shape index (κ2) is 4.22. The fraction of sp³-hybridized carbons (Fsp3) is 0.875. The number of ether oxygens (including phenoxy) is 1. The standard InChI is InChI=1S/C8H18GeN2O2/c1-7(12)13-8(2,3)10-11-9(4,5)6/h1-6H3/b11-10+. The second-order valence-corrected chi connectivity index (χ2v) is 13.9. The number of carbonyl (C=O) groups excluding carboxylic acids is 1. The van der Waals surface area contributed by atoms with Gasteiger partial charge in [-0.2, -0.15) is 0 Å². The van der Waals surface area contributed by atoms with Crippen LogP contribution < -0.4 is 0 Å². The van der Waals surface area contributed by atoms with Crippen LogP contribution in [0, 0.1) is 0 Å². The normalized spacial score (nSPS) is 13.4. The first-order valence-corrected chi connectivity index (χ1v) is 11.5. The Bertz CT molecular complexity index is 219. The zero-order valence-corrected chi connectivity index (χ0v) is 11.3. The molecular formula is C8H18GeN2O2. The molecule has 0 radical (unpaired) electrons. The Hall–Kier alpha value is -0.387. The molecule has 0 aromatic carbocycles. The fourth-order valence-electron chi connectivity index (χ4n) is 0.643. The van der Waals surface area contributed by atoms with Gasteiger partial charge in [-0.3, -0.25) is 0 Å². The van der Waals surface area contributed by atoms with Gasteiger partial charge in [0.2, 0.25) is 0 Å². The van der Waals surface area contributed by atoms with Crippen molar-refractivity contribution in [3.8, 4) is 0 Å². The van der Waals surface area contributed by atoms with Crippen molar-refractivity contribution in [2.75, 3.05) is 0 Å². The maximum atomic E-state index is 10.7. The van der Waals surface area contributed by atoms with Gasteiger partial charge in [0.05, 0.1) is 0 Å². The molecule has 0 aliphatic carbocycles. The number of carbonyl (C=O) groups is 1. The van der Waals surface area contributed by atoms with E-state index in [0.717, 1.165) is 0 Å². The molecule has 5 heteroatoms. The molecule has 0 aliphatic rings. The molecule has 0 atom stereocenters. The molecule has 0 amide bonds. The van der Waals surface area contributed by atoms with Crippen molar-refractivity contribution in [1.82, 2.24) is 0 Å². The van der Waals surface area contributed by atoms with Crippen molar-refractivity contribution in [2.24, 2.45) is 9.19 Å². The Balaban J connectivity index is 4.33. The van der Waals surface area contributed by atoms with Crippen LogP contribution in [0.5, 0.6) is 0 Å². The third kappa shape index (κ3) is 7.96. The number of esters is 1. The van der Waals surface area contributed by atoms with E-state index in [1.165, 1.54) is 6.92 Å². The van der Waals surface area contributed by atoms with Crippen molar-refractivity contribution in [2.45, 2.75) is 43.8 Å². The quantitative estimate of drug-likeness (QED) is 0.437. The van der Waals surface area contributed by atoms with Crippen LogP contribution in [0.15, 0.2) is 9.19 Å². The molecule has 0 spiro atoms. The van der Waals surface area contributed by atoms with E-state index >= 15 is 0 Å². The van der Waals surface area contributed by atoms with Gasteiger partial charge in [0, 0.05) is 0 Å². The number of rotatable bonds is 3. The molecule has 0 rings (SSSR count). The topological polar surface area (TPSA) is 51.0 Å². The Morgan fingerprint density at radius 3 is 2.08 bits per heavy atom. The van der Waals surface area contributed by atoms with Crippen LogP contribution in [0.2, 0.25) is 17.3 Å². The molecule has 0 saturated heterocycles. The summed E-state index contributed by atoms with van der Waals surface area (Å²) >= 11 is -2.01. The van der Waals surface area contributed by atoms with Crippen molar-refractivity contribution < 1.29 is 9.53 Å². The van der Waals surface area contributed by atoms with Gasteiger partial charge in [0.15, 0.2) is 0 Å². The molecule has 13 heavy (non-hydrogen) atoms. The Kier molecular flexibility index (Phi) is 4.09. The average Bonchev–Trinajstić information content (AvgIpc) is 1.79. The molecule has 76 valence electrons. The SMILES string of the molecule is CC(=O)OC(C)(C)/N=[N]/[Ge]([CH3])([CH3])[CH3]. The summed E-state index contributed by atoms with van der Waals surface area (Å²) in [6.07, 6.45) is 0. The van der Waals surface area contributed by atoms with E-state index in [0.29, 0.717) is 0 Å². The molecule has 0 unspecified atom stereocenters. The average molecular weight is 247 g/mol. The van der Waals surface area contributed by atoms with Crippen LogP contribution >= 0.6 is 0 Å². The summed E-state index contributed by atoms with van der Waals surface area (Å²) in [4.78, 5) is 10.7. The second-order valence-electron chi connectivity index (χ2n) is 4.41. The summed E-state index contributed by atoms with van der Waals surface area (Å²) < 4.78 is 9.18. The minimum absolute atomic E-state index is 0.328. The van der Waals surface area contributed by atoms with Crippen LogP contribution in [-0.4, -0.2) is 25.2 Å². The Labute approximate surface area is 82.3 Å². The number of hydrogen-bond acceptors (Lipinski definition) is 4. The third-order valence-electron chi connectivity index (χ3n) is 0.984. The van der Waals surface area contributed by atoms with Crippen molar-refractivity contribution in [1.29, 1.82) is 0 Å². The first-order valence-electron chi connectivity index (χ1n) is 4.26. The van der Waals surface area contributed by atoms with Crippen molar-refractivity contribution in [3.63, 3.8) is 0 Å². The molecule has 0 aliphatic heterocycles. The van der Waals surface area contributed by atoms with E-state index in [2.05, 4.69) is 26.5 Å². The van der Waals surface area contributed by atoms with Gasteiger partial charge in [-0.25, -0.2) is 0 Å². The van der Waals surface area contributed by atoms with Gasteiger partial charge in [-0.05, 0) is 0 Å².